The Labute approximate surface area is 377 Å². The molecule has 0 aliphatic rings. The summed E-state index contributed by atoms with van der Waals surface area (Å²) in [4.78, 5) is 32.5. The van der Waals surface area contributed by atoms with E-state index in [1.165, 1.54) is 24.3 Å². The van der Waals surface area contributed by atoms with E-state index in [9.17, 15) is 98.6 Å². The minimum atomic E-state index is -6.40. The van der Waals surface area contributed by atoms with E-state index < -0.39 is 142 Å². The molecule has 0 atom stereocenters. The Balaban J connectivity index is 1.26. The summed E-state index contributed by atoms with van der Waals surface area (Å²) in [7, 11) is -10.3. The van der Waals surface area contributed by atoms with E-state index >= 15 is 0 Å². The number of carbonyl (C=O) groups excluding carboxylic acids is 2. The highest BCUT2D eigenvalue weighted by atomic mass is 32.2. The van der Waals surface area contributed by atoms with Crippen LogP contribution in [-0.4, -0.2) is 92.1 Å². The smallest absolute Gasteiger partial charge is 0.430 e. The fourth-order valence-corrected chi connectivity index (χ4v) is 8.83. The van der Waals surface area contributed by atoms with Gasteiger partial charge in [0.1, 0.15) is 9.79 Å². The molecule has 6 aromatic rings. The first kappa shape index (κ1) is 51.9. The van der Waals surface area contributed by atoms with E-state index in [0.717, 1.165) is 48.5 Å². The number of alkyl halides is 12. The molecule has 3 N–H and O–H groups in total. The van der Waals surface area contributed by atoms with Crippen LogP contribution in [0.3, 0.4) is 0 Å². The molecule has 0 bridgehead atoms. The Kier molecular flexibility index (Phi) is 13.4. The van der Waals surface area contributed by atoms with Gasteiger partial charge in [-0.25, -0.2) is 9.59 Å². The molecule has 14 nitrogen and oxygen atoms in total. The van der Waals surface area contributed by atoms with E-state index in [4.69, 9.17) is 4.74 Å². The van der Waals surface area contributed by atoms with Crippen molar-refractivity contribution in [1.29, 1.82) is 5.26 Å². The number of benzene rings is 6. The first-order chi connectivity index (χ1) is 31.6. The third-order valence-corrected chi connectivity index (χ3v) is 12.3. The minimum absolute atomic E-state index is 0.0448. The molecule has 0 fully saturated rings. The van der Waals surface area contributed by atoms with Crippen molar-refractivity contribution >= 4 is 75.3 Å². The molecule has 69 heavy (non-hydrogen) atoms. The summed E-state index contributed by atoms with van der Waals surface area (Å²) in [5.41, 5.74) is -11.7. The number of nitrogens with zero attached hydrogens (tertiary/aromatic N) is 1. The standard InChI is InChI=1S/C41H25F12NO13S2/c42-38(43,44)36(57,39(45,46)47)9-11-64-34(55)21-2-7-30-25(15-21)17-26-18-27(4-8-31(26)33(30)69(61,62)63)66-67-37(40(48,49)50,41(51,52)53)10-12-65-35(56)22-3-6-29-24(14-22)16-23-13-20(19-54)1-5-28(23)32(29)68(58,59)60/h1-8,13-18,57H,9-12H2,(H,58,59,60)(H,61,62,63). The molecule has 6 aromatic carbocycles. The minimum Gasteiger partial charge on any atom is -0.462 e. The van der Waals surface area contributed by atoms with Gasteiger partial charge in [-0.15, -0.1) is 0 Å². The van der Waals surface area contributed by atoms with Gasteiger partial charge in [-0.05, 0) is 88.3 Å². The Hall–Kier alpha value is -6.51. The highest BCUT2D eigenvalue weighted by Gasteiger charge is 2.74. The van der Waals surface area contributed by atoms with Crippen LogP contribution in [0.15, 0.2) is 94.7 Å². The molecule has 0 spiro atoms. The summed E-state index contributed by atoms with van der Waals surface area (Å²) in [5.74, 6) is -4.16. The van der Waals surface area contributed by atoms with E-state index in [2.05, 4.69) is 14.5 Å². The topological polar surface area (TPSA) is 224 Å². The third kappa shape index (κ3) is 10.0. The Bertz CT molecular complexity index is 3300. The van der Waals surface area contributed by atoms with Crippen molar-refractivity contribution in [2.24, 2.45) is 0 Å². The van der Waals surface area contributed by atoms with Crippen LogP contribution in [-0.2, 0) is 34.6 Å². The van der Waals surface area contributed by atoms with Gasteiger partial charge >= 0.3 is 42.2 Å². The van der Waals surface area contributed by atoms with Crippen molar-refractivity contribution in [3.8, 4) is 11.8 Å². The van der Waals surface area contributed by atoms with Crippen LogP contribution in [0.1, 0.15) is 39.1 Å². The van der Waals surface area contributed by atoms with Crippen molar-refractivity contribution in [1.82, 2.24) is 0 Å². The molecule has 0 radical (unpaired) electrons. The number of carbonyl (C=O) groups is 2. The zero-order valence-corrected chi connectivity index (χ0v) is 35.3. The Morgan fingerprint density at radius 3 is 1.33 bits per heavy atom. The second-order valence-electron chi connectivity index (χ2n) is 14.8. The summed E-state index contributed by atoms with van der Waals surface area (Å²) in [6, 6.07) is 14.8. The predicted octanol–water partition coefficient (Wildman–Crippen LogP) is 9.49. The maximum Gasteiger partial charge on any atom is 0.430 e. The van der Waals surface area contributed by atoms with Crippen molar-refractivity contribution in [3.63, 3.8) is 0 Å². The van der Waals surface area contributed by atoms with Crippen LogP contribution >= 0.6 is 0 Å². The monoisotopic (exact) mass is 1030 g/mol. The molecule has 0 amide bonds. The summed E-state index contributed by atoms with van der Waals surface area (Å²) in [6.07, 6.45) is -29.8. The summed E-state index contributed by atoms with van der Waals surface area (Å²) < 4.78 is 244. The molecule has 0 aromatic heterocycles. The highest BCUT2D eigenvalue weighted by Crippen LogP contribution is 2.49. The average molecular weight is 1030 g/mol. The van der Waals surface area contributed by atoms with Crippen LogP contribution in [0.2, 0.25) is 0 Å². The zero-order chi connectivity index (χ0) is 51.5. The number of esters is 2. The van der Waals surface area contributed by atoms with Gasteiger partial charge in [0, 0.05) is 34.4 Å². The molecule has 28 heteroatoms. The normalized spacial score (nSPS) is 13.5. The quantitative estimate of drug-likeness (QED) is 0.0245. The fraction of sp³-hybridized carbons (Fsp3) is 0.244. The number of nitriles is 1. The molecule has 0 aliphatic heterocycles. The van der Waals surface area contributed by atoms with E-state index in [1.807, 2.05) is 6.07 Å². The lowest BCUT2D eigenvalue weighted by Gasteiger charge is -2.35. The molecule has 0 heterocycles. The first-order valence-electron chi connectivity index (χ1n) is 18.7. The maximum atomic E-state index is 14.5. The van der Waals surface area contributed by atoms with Gasteiger partial charge in [0.15, 0.2) is 5.75 Å². The second-order valence-corrected chi connectivity index (χ2v) is 17.5. The maximum absolute atomic E-state index is 14.5. The van der Waals surface area contributed by atoms with E-state index in [-0.39, 0.29) is 27.1 Å². The van der Waals surface area contributed by atoms with Crippen molar-refractivity contribution in [2.45, 2.75) is 58.5 Å². The Morgan fingerprint density at radius 1 is 0.536 bits per heavy atom. The van der Waals surface area contributed by atoms with Gasteiger partial charge < -0.3 is 19.5 Å². The second kappa shape index (κ2) is 17.8. The van der Waals surface area contributed by atoms with Crippen LogP contribution in [0.4, 0.5) is 52.7 Å². The summed E-state index contributed by atoms with van der Waals surface area (Å²) in [5, 5.41) is 16.5. The van der Waals surface area contributed by atoms with Gasteiger partial charge in [-0.1, -0.05) is 18.2 Å². The molecule has 0 saturated carbocycles. The van der Waals surface area contributed by atoms with Crippen molar-refractivity contribution in [3.05, 3.63) is 102 Å². The summed E-state index contributed by atoms with van der Waals surface area (Å²) >= 11 is 0. The lowest BCUT2D eigenvalue weighted by atomic mass is 9.98. The fourth-order valence-electron chi connectivity index (χ4n) is 6.98. The molecule has 0 unspecified atom stereocenters. The SMILES string of the molecule is N#Cc1ccc2c(S(=O)(=O)O)c3ccc(C(=O)OCCC(OOc4ccc5c(S(=O)(=O)O)c6ccc(C(=O)OCCC(O)(C(F)(F)F)C(F)(F)F)cc6cc5c4)(C(F)(F)F)C(F)(F)F)cc3cc2c1. The molecular formula is C41H25F12NO13S2. The van der Waals surface area contributed by atoms with E-state index in [1.54, 1.807) is 0 Å². The van der Waals surface area contributed by atoms with Gasteiger partial charge in [-0.2, -0.15) is 79.7 Å². The summed E-state index contributed by atoms with van der Waals surface area (Å²) in [6.45, 7) is -3.35. The van der Waals surface area contributed by atoms with Gasteiger partial charge in [-0.3, -0.25) is 9.11 Å². The lowest BCUT2D eigenvalue weighted by molar-refractivity contribution is -0.455. The van der Waals surface area contributed by atoms with Gasteiger partial charge in [0.2, 0.25) is 0 Å². The van der Waals surface area contributed by atoms with Crippen molar-refractivity contribution in [2.75, 3.05) is 13.2 Å². The molecule has 0 aliphatic carbocycles. The van der Waals surface area contributed by atoms with Crippen LogP contribution in [0.25, 0.3) is 43.1 Å². The van der Waals surface area contributed by atoms with Gasteiger partial charge in [0.25, 0.3) is 25.8 Å². The predicted molar refractivity (Wildman–Crippen MR) is 211 cm³/mol. The first-order valence-corrected chi connectivity index (χ1v) is 21.6. The number of hydrogen-bond acceptors (Lipinski definition) is 12. The lowest BCUT2D eigenvalue weighted by Crippen LogP contribution is -2.60. The molecule has 368 valence electrons. The van der Waals surface area contributed by atoms with Crippen LogP contribution in [0.5, 0.6) is 5.75 Å². The molecule has 0 saturated heterocycles. The number of rotatable bonds is 13. The van der Waals surface area contributed by atoms with Crippen LogP contribution in [0, 0.1) is 11.3 Å². The Morgan fingerprint density at radius 2 is 0.928 bits per heavy atom. The third-order valence-electron chi connectivity index (χ3n) is 10.4. The largest absolute Gasteiger partial charge is 0.462 e. The average Bonchev–Trinajstić information content (AvgIpc) is 3.22. The number of hydrogen-bond donors (Lipinski definition) is 3. The highest BCUT2D eigenvalue weighted by molar-refractivity contribution is 7.86. The number of halogens is 12. The van der Waals surface area contributed by atoms with Crippen LogP contribution < -0.4 is 4.89 Å². The van der Waals surface area contributed by atoms with Gasteiger partial charge in [0.05, 0.1) is 36.0 Å². The van der Waals surface area contributed by atoms with E-state index in [0.29, 0.717) is 12.1 Å². The number of ether oxygens (including phenoxy) is 2. The number of aliphatic hydroxyl groups is 1. The molecule has 6 rings (SSSR count). The zero-order valence-electron chi connectivity index (χ0n) is 33.6. The van der Waals surface area contributed by atoms with Crippen molar-refractivity contribution < 1.29 is 113 Å². The number of fused-ring (bicyclic) bond motifs is 4. The molecular weight excluding hydrogens is 1010 g/mol.